The molecule has 3 rings (SSSR count). The van der Waals surface area contributed by atoms with Gasteiger partial charge in [-0.25, -0.2) is 14.9 Å². The van der Waals surface area contributed by atoms with Crippen molar-refractivity contribution >= 4 is 80.2 Å². The van der Waals surface area contributed by atoms with Gasteiger partial charge in [0.25, 0.3) is 11.8 Å². The largest absolute Gasteiger partial charge is 0.417 e. The molecule has 2 aromatic heterocycles. The number of hydrogen-bond donors (Lipinski definition) is 1. The standard InChI is InChI=1S/C11H5ClF3IN2O2.C6H4F3IN2/c1-4-8(12)10(20)18(9(4)19)7-2-5(11(13,14)15)6(16)3-17-7;7-6(8,9)3-1-5(11)12-2-4(3)10/h2-3H,1H3;1-2H,(H2,11,12). The van der Waals surface area contributed by atoms with Crippen molar-refractivity contribution in [1.29, 1.82) is 0 Å². The van der Waals surface area contributed by atoms with Crippen LogP contribution in [0.2, 0.25) is 0 Å². The second kappa shape index (κ2) is 9.66. The van der Waals surface area contributed by atoms with Gasteiger partial charge < -0.3 is 5.73 Å². The number of nitrogen functional groups attached to an aromatic ring is 1. The molecule has 15 heteroatoms. The zero-order valence-corrected chi connectivity index (χ0v) is 20.5. The molecule has 6 nitrogen and oxygen atoms in total. The summed E-state index contributed by atoms with van der Waals surface area (Å²) in [4.78, 5) is 31.3. The lowest BCUT2D eigenvalue weighted by atomic mass is 10.2. The summed E-state index contributed by atoms with van der Waals surface area (Å²) in [5.74, 6) is -2.18. The van der Waals surface area contributed by atoms with E-state index in [4.69, 9.17) is 17.3 Å². The first-order valence-corrected chi connectivity index (χ1v) is 10.5. The van der Waals surface area contributed by atoms with E-state index in [0.717, 1.165) is 18.5 Å². The molecule has 0 bridgehead atoms. The first-order chi connectivity index (χ1) is 14.6. The summed E-state index contributed by atoms with van der Waals surface area (Å²) >= 11 is 8.67. The van der Waals surface area contributed by atoms with Crippen molar-refractivity contribution < 1.29 is 35.9 Å². The topological polar surface area (TPSA) is 89.2 Å². The van der Waals surface area contributed by atoms with Gasteiger partial charge in [0, 0.05) is 25.1 Å². The van der Waals surface area contributed by atoms with Crippen molar-refractivity contribution in [2.45, 2.75) is 19.3 Å². The molecular weight excluding hydrogens is 695 g/mol. The lowest BCUT2D eigenvalue weighted by Crippen LogP contribution is -2.32. The highest BCUT2D eigenvalue weighted by atomic mass is 127. The van der Waals surface area contributed by atoms with Crippen molar-refractivity contribution in [3.05, 3.63) is 53.4 Å². The molecule has 0 fully saturated rings. The van der Waals surface area contributed by atoms with Crippen LogP contribution in [0.3, 0.4) is 0 Å². The third-order valence-corrected chi connectivity index (χ3v) is 5.97. The van der Waals surface area contributed by atoms with Crippen molar-refractivity contribution in [2.75, 3.05) is 10.6 Å². The minimum atomic E-state index is -4.60. The lowest BCUT2D eigenvalue weighted by Gasteiger charge is -2.16. The van der Waals surface area contributed by atoms with Crippen LogP contribution in [0.4, 0.5) is 38.0 Å². The van der Waals surface area contributed by atoms with Gasteiger partial charge in [0.2, 0.25) is 0 Å². The number of pyridine rings is 2. The maximum absolute atomic E-state index is 12.8. The molecule has 172 valence electrons. The quantitative estimate of drug-likeness (QED) is 0.245. The van der Waals surface area contributed by atoms with E-state index in [-0.39, 0.29) is 23.6 Å². The number of carbonyl (C=O) groups excluding carboxylic acids is 2. The number of rotatable bonds is 1. The van der Waals surface area contributed by atoms with Gasteiger partial charge in [-0.05, 0) is 64.2 Å². The summed E-state index contributed by atoms with van der Waals surface area (Å²) in [6, 6.07) is 1.47. The SMILES string of the molecule is CC1=C(Cl)C(=O)N(c2cc(C(F)(F)F)c(I)cn2)C1=O.Nc1cc(C(F)(F)F)c(I)cn1. The van der Waals surface area contributed by atoms with E-state index in [9.17, 15) is 35.9 Å². The van der Waals surface area contributed by atoms with Crippen LogP contribution in [-0.2, 0) is 21.9 Å². The molecule has 0 atom stereocenters. The Bertz CT molecular complexity index is 1100. The van der Waals surface area contributed by atoms with Gasteiger partial charge in [-0.3, -0.25) is 9.59 Å². The molecule has 0 spiro atoms. The fraction of sp³-hybridized carbons (Fsp3) is 0.176. The molecule has 2 amide bonds. The van der Waals surface area contributed by atoms with E-state index >= 15 is 0 Å². The molecule has 0 aromatic carbocycles. The van der Waals surface area contributed by atoms with Crippen LogP contribution in [0.5, 0.6) is 0 Å². The summed E-state index contributed by atoms with van der Waals surface area (Å²) in [6.45, 7) is 1.32. The maximum atomic E-state index is 12.8. The smallest absolute Gasteiger partial charge is 0.384 e. The van der Waals surface area contributed by atoms with Gasteiger partial charge in [0.1, 0.15) is 16.7 Å². The van der Waals surface area contributed by atoms with Crippen LogP contribution < -0.4 is 10.6 Å². The number of alkyl halides is 6. The fourth-order valence-corrected chi connectivity index (χ4v) is 3.63. The maximum Gasteiger partial charge on any atom is 0.417 e. The van der Waals surface area contributed by atoms with Crippen LogP contribution in [0.25, 0.3) is 0 Å². The Labute approximate surface area is 208 Å². The zero-order valence-electron chi connectivity index (χ0n) is 15.4. The van der Waals surface area contributed by atoms with Crippen LogP contribution in [0, 0.1) is 7.14 Å². The molecule has 32 heavy (non-hydrogen) atoms. The number of nitrogens with zero attached hydrogens (tertiary/aromatic N) is 3. The number of hydrogen-bond acceptors (Lipinski definition) is 5. The first-order valence-electron chi connectivity index (χ1n) is 8.01. The molecule has 3 heterocycles. The van der Waals surface area contributed by atoms with Crippen molar-refractivity contribution in [1.82, 2.24) is 9.97 Å². The van der Waals surface area contributed by atoms with E-state index in [2.05, 4.69) is 9.97 Å². The van der Waals surface area contributed by atoms with Gasteiger partial charge in [-0.15, -0.1) is 0 Å². The molecule has 1 aliphatic heterocycles. The predicted octanol–water partition coefficient (Wildman–Crippen LogP) is 5.38. The third kappa shape index (κ3) is 5.81. The highest BCUT2D eigenvalue weighted by Crippen LogP contribution is 2.36. The lowest BCUT2D eigenvalue weighted by molar-refractivity contribution is -0.139. The van der Waals surface area contributed by atoms with Crippen molar-refractivity contribution in [3.63, 3.8) is 0 Å². The Balaban J connectivity index is 0.000000258. The van der Waals surface area contributed by atoms with Gasteiger partial charge in [-0.1, -0.05) is 11.6 Å². The molecule has 0 unspecified atom stereocenters. The summed E-state index contributed by atoms with van der Waals surface area (Å²) in [6.07, 6.45) is -6.92. The molecule has 1 aliphatic rings. The van der Waals surface area contributed by atoms with Crippen molar-refractivity contribution in [2.24, 2.45) is 0 Å². The Kier molecular flexibility index (Phi) is 8.02. The number of aromatic nitrogens is 2. The number of amides is 2. The minimum Gasteiger partial charge on any atom is -0.384 e. The molecular formula is C17H9ClF6I2N4O2. The van der Waals surface area contributed by atoms with Gasteiger partial charge in [-0.2, -0.15) is 26.3 Å². The van der Waals surface area contributed by atoms with Gasteiger partial charge in [0.05, 0.1) is 11.1 Å². The first kappa shape index (κ1) is 26.6. The monoisotopic (exact) mass is 704 g/mol. The summed E-state index contributed by atoms with van der Waals surface area (Å²) in [5.41, 5.74) is 3.38. The van der Waals surface area contributed by atoms with Crippen LogP contribution in [0.1, 0.15) is 18.1 Å². The molecule has 0 aliphatic carbocycles. The molecule has 0 radical (unpaired) electrons. The number of carbonyl (C=O) groups is 2. The van der Waals surface area contributed by atoms with Crippen LogP contribution in [0.15, 0.2) is 35.1 Å². The van der Waals surface area contributed by atoms with E-state index in [1.165, 1.54) is 29.5 Å². The Morgan fingerprint density at radius 2 is 1.38 bits per heavy atom. The third-order valence-electron chi connectivity index (χ3n) is 3.80. The van der Waals surface area contributed by atoms with E-state index in [0.29, 0.717) is 11.0 Å². The Morgan fingerprint density at radius 1 is 0.906 bits per heavy atom. The highest BCUT2D eigenvalue weighted by molar-refractivity contribution is 14.1. The number of halogens is 9. The van der Waals surface area contributed by atoms with Gasteiger partial charge >= 0.3 is 12.4 Å². The summed E-state index contributed by atoms with van der Waals surface area (Å²) in [7, 11) is 0. The normalized spacial score (nSPS) is 14.6. The molecule has 2 N–H and O–H groups in total. The van der Waals surface area contributed by atoms with Crippen molar-refractivity contribution in [3.8, 4) is 0 Å². The molecule has 0 saturated heterocycles. The second-order valence-electron chi connectivity index (χ2n) is 5.99. The zero-order chi connectivity index (χ0) is 24.6. The Morgan fingerprint density at radius 3 is 1.78 bits per heavy atom. The Hall–Kier alpha value is -1.69. The highest BCUT2D eigenvalue weighted by Gasteiger charge is 2.39. The average Bonchev–Trinajstić information content (AvgIpc) is 2.86. The second-order valence-corrected chi connectivity index (χ2v) is 8.69. The number of imide groups is 1. The molecule has 2 aromatic rings. The van der Waals surface area contributed by atoms with Gasteiger partial charge in [0.15, 0.2) is 0 Å². The van der Waals surface area contributed by atoms with Crippen LogP contribution >= 0.6 is 56.8 Å². The van der Waals surface area contributed by atoms with E-state index in [1.54, 1.807) is 22.6 Å². The number of nitrogens with two attached hydrogens (primary N) is 1. The molecule has 0 saturated carbocycles. The number of anilines is 2. The average molecular weight is 705 g/mol. The fourth-order valence-electron chi connectivity index (χ4n) is 2.26. The van der Waals surface area contributed by atoms with E-state index in [1.807, 2.05) is 0 Å². The van der Waals surface area contributed by atoms with Crippen LogP contribution in [-0.4, -0.2) is 21.8 Å². The predicted molar refractivity (Wildman–Crippen MR) is 119 cm³/mol. The van der Waals surface area contributed by atoms with E-state index < -0.39 is 41.1 Å². The summed E-state index contributed by atoms with van der Waals surface area (Å²) < 4.78 is 74.8. The summed E-state index contributed by atoms with van der Waals surface area (Å²) in [5, 5.41) is -0.316. The minimum absolute atomic E-state index is 0.0226.